The molecule has 0 unspecified atom stereocenters. The lowest BCUT2D eigenvalue weighted by Gasteiger charge is -2.00. The highest BCUT2D eigenvalue weighted by molar-refractivity contribution is 6.00. The van der Waals surface area contributed by atoms with E-state index in [1.165, 1.54) is 25.5 Å². The Morgan fingerprint density at radius 1 is 1.67 bits per heavy atom. The van der Waals surface area contributed by atoms with Crippen LogP contribution in [0, 0.1) is 0 Å². The van der Waals surface area contributed by atoms with Gasteiger partial charge in [-0.15, -0.1) is 0 Å². The molecule has 1 heterocycles. The number of hydrogen-bond acceptors (Lipinski definition) is 3. The maximum Gasteiger partial charge on any atom is 0.253 e. The number of nitrogens with one attached hydrogen (secondary N) is 1. The van der Waals surface area contributed by atoms with Crippen molar-refractivity contribution >= 4 is 12.2 Å². The van der Waals surface area contributed by atoms with E-state index in [-0.39, 0.29) is 5.91 Å². The minimum absolute atomic E-state index is 0.301. The molecule has 0 aliphatic heterocycles. The van der Waals surface area contributed by atoms with Crippen LogP contribution >= 0.6 is 0 Å². The zero-order valence-electron chi connectivity index (χ0n) is 6.57. The van der Waals surface area contributed by atoms with E-state index < -0.39 is 0 Å². The Kier molecular flexibility index (Phi) is 2.53. The Morgan fingerprint density at radius 2 is 2.42 bits per heavy atom. The molecule has 0 aromatic carbocycles. The third kappa shape index (κ3) is 1.47. The summed E-state index contributed by atoms with van der Waals surface area (Å²) in [6.45, 7) is 0. The molecule has 1 rings (SSSR count). The smallest absolute Gasteiger partial charge is 0.253 e. The van der Waals surface area contributed by atoms with Gasteiger partial charge in [-0.1, -0.05) is 0 Å². The maximum absolute atomic E-state index is 11.1. The number of hydrogen-bond donors (Lipinski definition) is 1. The molecule has 62 valence electrons. The fourth-order valence-corrected chi connectivity index (χ4v) is 0.832. The summed E-state index contributed by atoms with van der Waals surface area (Å²) in [6.07, 6.45) is 3.46. The number of aldehydes is 1. The Hall–Kier alpha value is -1.71. The monoisotopic (exact) mass is 164 g/mol. The van der Waals surface area contributed by atoms with Crippen molar-refractivity contribution in [2.24, 2.45) is 0 Å². The summed E-state index contributed by atoms with van der Waals surface area (Å²) >= 11 is 0. The van der Waals surface area contributed by atoms with Crippen LogP contribution in [-0.2, 0) is 0 Å². The van der Waals surface area contributed by atoms with Gasteiger partial charge in [-0.2, -0.15) is 0 Å². The van der Waals surface area contributed by atoms with Gasteiger partial charge < -0.3 is 5.32 Å². The second-order valence-corrected chi connectivity index (χ2v) is 2.16. The number of aromatic nitrogens is 1. The molecule has 4 nitrogen and oxygen atoms in total. The summed E-state index contributed by atoms with van der Waals surface area (Å²) in [5, 5.41) is 2.42. The molecule has 0 spiro atoms. The molecule has 0 fully saturated rings. The van der Waals surface area contributed by atoms with Gasteiger partial charge in [-0.05, 0) is 6.07 Å². The van der Waals surface area contributed by atoms with E-state index in [1.807, 2.05) is 0 Å². The van der Waals surface area contributed by atoms with Gasteiger partial charge in [0.05, 0.1) is 5.56 Å². The van der Waals surface area contributed by atoms with Gasteiger partial charge in [0.2, 0.25) is 0 Å². The molecule has 1 aromatic rings. The van der Waals surface area contributed by atoms with E-state index >= 15 is 0 Å². The van der Waals surface area contributed by atoms with Crippen molar-refractivity contribution in [1.29, 1.82) is 0 Å². The molecule has 1 aromatic heterocycles. The van der Waals surface area contributed by atoms with Crippen molar-refractivity contribution in [3.8, 4) is 0 Å². The van der Waals surface area contributed by atoms with Crippen LogP contribution in [0.2, 0.25) is 0 Å². The maximum atomic E-state index is 11.1. The van der Waals surface area contributed by atoms with Gasteiger partial charge in [0, 0.05) is 25.0 Å². The average molecular weight is 164 g/mol. The largest absolute Gasteiger partial charge is 0.355 e. The number of nitrogens with zero attached hydrogens (tertiary/aromatic N) is 1. The van der Waals surface area contributed by atoms with E-state index in [0.29, 0.717) is 17.4 Å². The number of pyridine rings is 1. The van der Waals surface area contributed by atoms with Crippen LogP contribution in [0.15, 0.2) is 18.5 Å². The molecule has 0 saturated heterocycles. The molecule has 0 bridgehead atoms. The fourth-order valence-electron chi connectivity index (χ4n) is 0.832. The van der Waals surface area contributed by atoms with E-state index in [9.17, 15) is 9.59 Å². The lowest BCUT2D eigenvalue weighted by atomic mass is 10.1. The van der Waals surface area contributed by atoms with Crippen LogP contribution in [0.1, 0.15) is 20.7 Å². The van der Waals surface area contributed by atoms with Gasteiger partial charge in [0.25, 0.3) is 5.91 Å². The molecule has 0 radical (unpaired) electrons. The fraction of sp³-hybridized carbons (Fsp3) is 0.125. The molecular formula is C8H8N2O2. The van der Waals surface area contributed by atoms with Crippen molar-refractivity contribution in [3.05, 3.63) is 29.6 Å². The molecule has 0 saturated carbocycles. The van der Waals surface area contributed by atoms with Crippen LogP contribution in [0.3, 0.4) is 0 Å². The third-order valence-corrected chi connectivity index (χ3v) is 1.45. The first-order valence-electron chi connectivity index (χ1n) is 3.41. The molecule has 4 heteroatoms. The first-order valence-corrected chi connectivity index (χ1v) is 3.41. The SMILES string of the molecule is CNC(=O)c1cnccc1C=O. The molecule has 1 amide bonds. The second-order valence-electron chi connectivity index (χ2n) is 2.16. The summed E-state index contributed by atoms with van der Waals surface area (Å²) in [4.78, 5) is 25.3. The first-order chi connectivity index (χ1) is 5.79. The van der Waals surface area contributed by atoms with Crippen LogP contribution in [-0.4, -0.2) is 24.2 Å². The normalized spacial score (nSPS) is 9.08. The second kappa shape index (κ2) is 3.61. The van der Waals surface area contributed by atoms with Gasteiger partial charge >= 0.3 is 0 Å². The highest BCUT2D eigenvalue weighted by Crippen LogP contribution is 2.02. The van der Waals surface area contributed by atoms with Crippen molar-refractivity contribution < 1.29 is 9.59 Å². The number of amides is 1. The highest BCUT2D eigenvalue weighted by atomic mass is 16.1. The topological polar surface area (TPSA) is 59.1 Å². The molecule has 0 atom stereocenters. The van der Waals surface area contributed by atoms with Crippen molar-refractivity contribution in [2.75, 3.05) is 7.05 Å². The Bertz CT molecular complexity index is 310. The molecule has 12 heavy (non-hydrogen) atoms. The van der Waals surface area contributed by atoms with E-state index in [1.54, 1.807) is 0 Å². The van der Waals surface area contributed by atoms with E-state index in [0.717, 1.165) is 0 Å². The molecular weight excluding hydrogens is 156 g/mol. The average Bonchev–Trinajstić information content (AvgIpc) is 2.16. The minimum atomic E-state index is -0.301. The number of carbonyl (C=O) groups is 2. The summed E-state index contributed by atoms with van der Waals surface area (Å²) in [5.41, 5.74) is 0.652. The van der Waals surface area contributed by atoms with E-state index in [2.05, 4.69) is 10.3 Å². The lowest BCUT2D eigenvalue weighted by Crippen LogP contribution is -2.19. The first kappa shape index (κ1) is 8.39. The Balaban J connectivity index is 3.13. The van der Waals surface area contributed by atoms with Crippen molar-refractivity contribution in [1.82, 2.24) is 10.3 Å². The molecule has 0 aliphatic carbocycles. The van der Waals surface area contributed by atoms with Crippen LogP contribution in [0.4, 0.5) is 0 Å². The minimum Gasteiger partial charge on any atom is -0.355 e. The Morgan fingerprint density at radius 3 is 3.00 bits per heavy atom. The van der Waals surface area contributed by atoms with Gasteiger partial charge in [-0.3, -0.25) is 14.6 Å². The van der Waals surface area contributed by atoms with Crippen LogP contribution in [0.25, 0.3) is 0 Å². The van der Waals surface area contributed by atoms with Crippen LogP contribution in [0.5, 0.6) is 0 Å². The summed E-state index contributed by atoms with van der Waals surface area (Å²) in [5.74, 6) is -0.301. The lowest BCUT2D eigenvalue weighted by molar-refractivity contribution is 0.0957. The van der Waals surface area contributed by atoms with Crippen molar-refractivity contribution in [3.63, 3.8) is 0 Å². The molecule has 1 N–H and O–H groups in total. The number of carbonyl (C=O) groups excluding carboxylic acids is 2. The Labute approximate surface area is 69.6 Å². The van der Waals surface area contributed by atoms with Gasteiger partial charge in [0.15, 0.2) is 6.29 Å². The molecule has 0 aliphatic rings. The highest BCUT2D eigenvalue weighted by Gasteiger charge is 2.07. The van der Waals surface area contributed by atoms with Gasteiger partial charge in [0.1, 0.15) is 0 Å². The third-order valence-electron chi connectivity index (χ3n) is 1.45. The van der Waals surface area contributed by atoms with Gasteiger partial charge in [-0.25, -0.2) is 0 Å². The summed E-state index contributed by atoms with van der Waals surface area (Å²) < 4.78 is 0. The number of rotatable bonds is 2. The van der Waals surface area contributed by atoms with Crippen LogP contribution < -0.4 is 5.32 Å². The standard InChI is InChI=1S/C8H8N2O2/c1-9-8(12)7-4-10-3-2-6(7)5-11/h2-5H,1H3,(H,9,12). The zero-order valence-corrected chi connectivity index (χ0v) is 6.57. The predicted octanol–water partition coefficient (Wildman–Crippen LogP) is 0.254. The summed E-state index contributed by atoms with van der Waals surface area (Å²) in [6, 6.07) is 1.50. The quantitative estimate of drug-likeness (QED) is 0.637. The zero-order chi connectivity index (χ0) is 8.97. The van der Waals surface area contributed by atoms with Crippen molar-refractivity contribution in [2.45, 2.75) is 0 Å². The predicted molar refractivity (Wildman–Crippen MR) is 43.0 cm³/mol. The van der Waals surface area contributed by atoms with E-state index in [4.69, 9.17) is 0 Å². The summed E-state index contributed by atoms with van der Waals surface area (Å²) in [7, 11) is 1.50.